The number of rotatable bonds is 4. The number of hydrogen-bond donors (Lipinski definition) is 3. The van der Waals surface area contributed by atoms with Crippen molar-refractivity contribution in [3.8, 4) is 11.4 Å². The lowest BCUT2D eigenvalue weighted by Gasteiger charge is -2.14. The van der Waals surface area contributed by atoms with Crippen LogP contribution in [0, 0.1) is 0 Å². The van der Waals surface area contributed by atoms with Gasteiger partial charge in [0.1, 0.15) is 16.9 Å². The third-order valence-corrected chi connectivity index (χ3v) is 4.40. The summed E-state index contributed by atoms with van der Waals surface area (Å²) in [4.78, 5) is 22.9. The molecule has 0 amide bonds. The maximum Gasteiger partial charge on any atom is 0.419 e. The van der Waals surface area contributed by atoms with E-state index in [1.807, 2.05) is 0 Å². The zero-order valence-electron chi connectivity index (χ0n) is 16.5. The first-order valence-electron chi connectivity index (χ1n) is 9.16. The number of pyridine rings is 2. The quantitative estimate of drug-likeness (QED) is 0.294. The van der Waals surface area contributed by atoms with Crippen molar-refractivity contribution in [1.82, 2.24) is 29.9 Å². The summed E-state index contributed by atoms with van der Waals surface area (Å²) in [5, 5.41) is 21.2. The van der Waals surface area contributed by atoms with E-state index in [-0.39, 0.29) is 28.5 Å². The highest BCUT2D eigenvalue weighted by Crippen LogP contribution is 2.36. The van der Waals surface area contributed by atoms with Crippen molar-refractivity contribution < 1.29 is 36.6 Å². The number of alkyl halides is 6. The Hall–Kier alpha value is -3.98. The van der Waals surface area contributed by atoms with Gasteiger partial charge in [-0.15, -0.1) is 0 Å². The lowest BCUT2D eigenvalue weighted by molar-refractivity contribution is -0.138. The molecule has 0 fully saturated rings. The topological polar surface area (TPSA) is 130 Å². The molecule has 0 bridgehead atoms. The van der Waals surface area contributed by atoms with Crippen molar-refractivity contribution in [2.45, 2.75) is 18.6 Å². The molecule has 0 saturated carbocycles. The van der Waals surface area contributed by atoms with Crippen LogP contribution in [0.1, 0.15) is 23.1 Å². The molecule has 0 aromatic carbocycles. The lowest BCUT2D eigenvalue weighted by Crippen LogP contribution is -2.12. The van der Waals surface area contributed by atoms with Gasteiger partial charge in [-0.25, -0.2) is 29.9 Å². The van der Waals surface area contributed by atoms with Crippen molar-refractivity contribution in [3.05, 3.63) is 59.8 Å². The Labute approximate surface area is 185 Å². The standard InChI is InChI=1S/C19H11F6N7O2/c20-18(21,22)8-5-28-17(29-6-8)32-10-3-4-26-15-14(10)27-7-12(31-15)13-9(19(23,24)25)1-2-11(30-13)16(33)34/h1-7,16,33-34H,(H,26,28,29,31,32). The third kappa shape index (κ3) is 4.69. The number of hydrogen-bond acceptors (Lipinski definition) is 9. The molecule has 4 aromatic heterocycles. The summed E-state index contributed by atoms with van der Waals surface area (Å²) in [6.07, 6.45) is -8.20. The number of aliphatic hydroxyl groups is 2. The number of aromatic nitrogens is 6. The van der Waals surface area contributed by atoms with Crippen molar-refractivity contribution in [2.24, 2.45) is 0 Å². The van der Waals surface area contributed by atoms with Crippen LogP contribution in [0.3, 0.4) is 0 Å². The summed E-state index contributed by atoms with van der Waals surface area (Å²) in [6.45, 7) is 0. The van der Waals surface area contributed by atoms with Crippen LogP contribution in [0.15, 0.2) is 43.0 Å². The fourth-order valence-corrected chi connectivity index (χ4v) is 2.84. The van der Waals surface area contributed by atoms with Gasteiger partial charge in [-0.05, 0) is 18.2 Å². The summed E-state index contributed by atoms with van der Waals surface area (Å²) in [5.41, 5.74) is -3.61. The molecule has 0 aliphatic heterocycles. The Morgan fingerprint density at radius 1 is 0.794 bits per heavy atom. The minimum absolute atomic E-state index is 0.0571. The molecule has 0 unspecified atom stereocenters. The second-order valence-electron chi connectivity index (χ2n) is 6.71. The second-order valence-corrected chi connectivity index (χ2v) is 6.71. The first-order chi connectivity index (χ1) is 15.9. The van der Waals surface area contributed by atoms with Crippen LogP contribution in [-0.4, -0.2) is 40.1 Å². The van der Waals surface area contributed by atoms with Crippen LogP contribution in [0.4, 0.5) is 38.0 Å². The van der Waals surface area contributed by atoms with E-state index in [9.17, 15) is 36.6 Å². The third-order valence-electron chi connectivity index (χ3n) is 4.40. The summed E-state index contributed by atoms with van der Waals surface area (Å²) < 4.78 is 78.4. The maximum atomic E-state index is 13.5. The molecule has 4 heterocycles. The van der Waals surface area contributed by atoms with Gasteiger partial charge in [0.15, 0.2) is 11.9 Å². The summed E-state index contributed by atoms with van der Waals surface area (Å²) in [7, 11) is 0. The first kappa shape index (κ1) is 23.2. The Morgan fingerprint density at radius 2 is 1.50 bits per heavy atom. The molecule has 3 N–H and O–H groups in total. The summed E-state index contributed by atoms with van der Waals surface area (Å²) in [6, 6.07) is 2.84. The Bertz CT molecular complexity index is 1340. The zero-order chi connectivity index (χ0) is 24.7. The largest absolute Gasteiger partial charge is 0.419 e. The molecule has 15 heteroatoms. The smallest absolute Gasteiger partial charge is 0.363 e. The van der Waals surface area contributed by atoms with Crippen LogP contribution < -0.4 is 5.32 Å². The van der Waals surface area contributed by atoms with E-state index in [0.717, 1.165) is 12.3 Å². The highest BCUT2D eigenvalue weighted by Gasteiger charge is 2.36. The van der Waals surface area contributed by atoms with Crippen molar-refractivity contribution in [1.29, 1.82) is 0 Å². The van der Waals surface area contributed by atoms with Crippen molar-refractivity contribution in [3.63, 3.8) is 0 Å². The average Bonchev–Trinajstić information content (AvgIpc) is 2.77. The zero-order valence-corrected chi connectivity index (χ0v) is 16.5. The monoisotopic (exact) mass is 483 g/mol. The maximum absolute atomic E-state index is 13.5. The van der Waals surface area contributed by atoms with E-state index in [1.165, 1.54) is 12.3 Å². The molecule has 9 nitrogen and oxygen atoms in total. The van der Waals surface area contributed by atoms with Crippen molar-refractivity contribution >= 4 is 22.8 Å². The van der Waals surface area contributed by atoms with Gasteiger partial charge < -0.3 is 15.5 Å². The highest BCUT2D eigenvalue weighted by molar-refractivity contribution is 5.87. The molecule has 0 aliphatic carbocycles. The van der Waals surface area contributed by atoms with Gasteiger partial charge in [-0.3, -0.25) is 0 Å². The number of nitrogens with zero attached hydrogens (tertiary/aromatic N) is 6. The summed E-state index contributed by atoms with van der Waals surface area (Å²) >= 11 is 0. The van der Waals surface area contributed by atoms with Crippen molar-refractivity contribution in [2.75, 3.05) is 5.32 Å². The number of aliphatic hydroxyl groups excluding tert-OH is 1. The molecular weight excluding hydrogens is 472 g/mol. The van der Waals surface area contributed by atoms with Gasteiger partial charge in [0.05, 0.1) is 28.7 Å². The van der Waals surface area contributed by atoms with E-state index < -0.39 is 41.2 Å². The Kier molecular flexibility index (Phi) is 5.74. The van der Waals surface area contributed by atoms with Gasteiger partial charge in [0.2, 0.25) is 5.95 Å². The molecule has 0 radical (unpaired) electrons. The van der Waals surface area contributed by atoms with E-state index >= 15 is 0 Å². The van der Waals surface area contributed by atoms with Gasteiger partial charge in [0.25, 0.3) is 0 Å². The fourth-order valence-electron chi connectivity index (χ4n) is 2.84. The van der Waals surface area contributed by atoms with E-state index in [1.54, 1.807) is 0 Å². The number of halogens is 6. The molecule has 4 rings (SSSR count). The fraction of sp³-hybridized carbons (Fsp3) is 0.158. The van der Waals surface area contributed by atoms with Crippen LogP contribution in [0.2, 0.25) is 0 Å². The SMILES string of the molecule is OC(O)c1ccc(C(F)(F)F)c(-c2cnc3c(Nc4ncc(C(F)(F)F)cn4)ccnc3n2)n1. The number of fused-ring (bicyclic) bond motifs is 1. The molecule has 0 aliphatic rings. The number of nitrogens with one attached hydrogen (secondary N) is 1. The normalized spacial score (nSPS) is 12.4. The van der Waals surface area contributed by atoms with Gasteiger partial charge in [-0.1, -0.05) is 0 Å². The molecule has 0 saturated heterocycles. The minimum atomic E-state index is -4.82. The summed E-state index contributed by atoms with van der Waals surface area (Å²) in [5.74, 6) is -0.197. The predicted molar refractivity (Wildman–Crippen MR) is 103 cm³/mol. The van der Waals surface area contributed by atoms with Crippen LogP contribution >= 0.6 is 0 Å². The van der Waals surface area contributed by atoms with E-state index in [4.69, 9.17) is 0 Å². The van der Waals surface area contributed by atoms with Gasteiger partial charge in [0, 0.05) is 18.6 Å². The number of anilines is 2. The van der Waals surface area contributed by atoms with Gasteiger partial charge in [-0.2, -0.15) is 26.3 Å². The highest BCUT2D eigenvalue weighted by atomic mass is 19.4. The molecular formula is C19H11F6N7O2. The van der Waals surface area contributed by atoms with Crippen LogP contribution in [-0.2, 0) is 12.4 Å². The van der Waals surface area contributed by atoms with E-state index in [2.05, 4.69) is 35.2 Å². The average molecular weight is 483 g/mol. The molecule has 34 heavy (non-hydrogen) atoms. The molecule has 176 valence electrons. The van der Waals surface area contributed by atoms with Crippen LogP contribution in [0.5, 0.6) is 0 Å². The lowest BCUT2D eigenvalue weighted by atomic mass is 10.1. The van der Waals surface area contributed by atoms with Gasteiger partial charge >= 0.3 is 12.4 Å². The van der Waals surface area contributed by atoms with Crippen LogP contribution in [0.25, 0.3) is 22.6 Å². The first-order valence-corrected chi connectivity index (χ1v) is 9.16. The molecule has 0 atom stereocenters. The van der Waals surface area contributed by atoms with E-state index in [0.29, 0.717) is 18.5 Å². The Balaban J connectivity index is 1.74. The minimum Gasteiger partial charge on any atom is -0.363 e. The second kappa shape index (κ2) is 8.42. The molecule has 4 aromatic rings. The molecule has 0 spiro atoms. The Morgan fingerprint density at radius 3 is 2.12 bits per heavy atom. The predicted octanol–water partition coefficient (Wildman–Crippen LogP) is 3.64.